The van der Waals surface area contributed by atoms with Crippen LogP contribution in [0.1, 0.15) is 28.6 Å². The predicted octanol–water partition coefficient (Wildman–Crippen LogP) is 2.63. The van der Waals surface area contributed by atoms with Crippen LogP contribution in [0.25, 0.3) is 11.4 Å². The van der Waals surface area contributed by atoms with Crippen LogP contribution in [0.5, 0.6) is 0 Å². The van der Waals surface area contributed by atoms with E-state index >= 15 is 0 Å². The van der Waals surface area contributed by atoms with Crippen LogP contribution in [-0.2, 0) is 17.8 Å². The van der Waals surface area contributed by atoms with Crippen LogP contribution in [0, 0.1) is 6.92 Å². The second-order valence-corrected chi connectivity index (χ2v) is 6.60. The minimum absolute atomic E-state index is 0.365. The number of nitrogens with zero attached hydrogens (tertiary/aromatic N) is 3. The van der Waals surface area contributed by atoms with E-state index < -0.39 is 6.04 Å². The Labute approximate surface area is 151 Å². The zero-order valence-electron chi connectivity index (χ0n) is 14.6. The first-order chi connectivity index (χ1) is 12.6. The van der Waals surface area contributed by atoms with Crippen LogP contribution >= 0.6 is 0 Å². The van der Waals surface area contributed by atoms with Crippen LogP contribution in [0.2, 0.25) is 0 Å². The first-order valence-corrected chi connectivity index (χ1v) is 8.62. The molecule has 1 amide bonds. The summed E-state index contributed by atoms with van der Waals surface area (Å²) in [7, 11) is 0. The molecule has 1 aliphatic heterocycles. The highest BCUT2D eigenvalue weighted by molar-refractivity contribution is 5.82. The largest absolute Gasteiger partial charge is 0.368 e. The molecule has 6 heteroatoms. The number of rotatable bonds is 4. The van der Waals surface area contributed by atoms with E-state index in [1.54, 1.807) is 0 Å². The molecule has 0 aliphatic carbocycles. The molecule has 1 atom stereocenters. The standard InChI is InChI=1S/C20H20N4O2/c1-13-6-8-15(9-7-13)20-22-17(26-23-20)12-24-11-10-14-4-2-3-5-16(14)18(24)19(21)25/h2-9,18H,10-12H2,1H3,(H2,21,25). The van der Waals surface area contributed by atoms with Gasteiger partial charge in [-0.1, -0.05) is 59.3 Å². The van der Waals surface area contributed by atoms with E-state index in [1.165, 1.54) is 11.1 Å². The number of aryl methyl sites for hydroxylation is 1. The maximum absolute atomic E-state index is 12.1. The summed E-state index contributed by atoms with van der Waals surface area (Å²) >= 11 is 0. The summed E-state index contributed by atoms with van der Waals surface area (Å²) in [6, 6.07) is 15.4. The fraction of sp³-hybridized carbons (Fsp3) is 0.250. The van der Waals surface area contributed by atoms with Gasteiger partial charge in [0.25, 0.3) is 0 Å². The summed E-state index contributed by atoms with van der Waals surface area (Å²) in [5.41, 5.74) is 9.90. The van der Waals surface area contributed by atoms with Crippen LogP contribution in [0.3, 0.4) is 0 Å². The van der Waals surface area contributed by atoms with Gasteiger partial charge in [-0.2, -0.15) is 4.98 Å². The fourth-order valence-corrected chi connectivity index (χ4v) is 3.43. The lowest BCUT2D eigenvalue weighted by atomic mass is 9.92. The van der Waals surface area contributed by atoms with Crippen molar-refractivity contribution >= 4 is 5.91 Å². The van der Waals surface area contributed by atoms with Crippen molar-refractivity contribution in [1.29, 1.82) is 0 Å². The van der Waals surface area contributed by atoms with Gasteiger partial charge in [0.15, 0.2) is 0 Å². The van der Waals surface area contributed by atoms with Crippen molar-refractivity contribution in [3.8, 4) is 11.4 Å². The monoisotopic (exact) mass is 348 g/mol. The fourth-order valence-electron chi connectivity index (χ4n) is 3.43. The van der Waals surface area contributed by atoms with Crippen LogP contribution in [-0.4, -0.2) is 27.5 Å². The number of carbonyl (C=O) groups is 1. The molecule has 0 saturated heterocycles. The molecule has 26 heavy (non-hydrogen) atoms. The van der Waals surface area contributed by atoms with Crippen LogP contribution < -0.4 is 5.73 Å². The van der Waals surface area contributed by atoms with E-state index in [2.05, 4.69) is 10.1 Å². The van der Waals surface area contributed by atoms with E-state index in [1.807, 2.05) is 60.4 Å². The Balaban J connectivity index is 1.57. The minimum Gasteiger partial charge on any atom is -0.368 e. The number of carbonyl (C=O) groups excluding carboxylic acids is 1. The Morgan fingerprint density at radius 3 is 2.77 bits per heavy atom. The molecule has 0 bridgehead atoms. The van der Waals surface area contributed by atoms with Crippen molar-refractivity contribution in [1.82, 2.24) is 15.0 Å². The maximum Gasteiger partial charge on any atom is 0.241 e. The highest BCUT2D eigenvalue weighted by Crippen LogP contribution is 2.30. The number of amides is 1. The highest BCUT2D eigenvalue weighted by atomic mass is 16.5. The summed E-state index contributed by atoms with van der Waals surface area (Å²) in [5, 5.41) is 4.07. The minimum atomic E-state index is -0.477. The smallest absolute Gasteiger partial charge is 0.241 e. The number of hydrogen-bond acceptors (Lipinski definition) is 5. The summed E-state index contributed by atoms with van der Waals surface area (Å²) in [6.45, 7) is 3.14. The number of primary amides is 1. The van der Waals surface area contributed by atoms with E-state index in [0.29, 0.717) is 24.8 Å². The molecule has 4 rings (SSSR count). The Bertz CT molecular complexity index is 933. The van der Waals surface area contributed by atoms with E-state index in [4.69, 9.17) is 10.3 Å². The molecular weight excluding hydrogens is 328 g/mol. The molecular formula is C20H20N4O2. The first-order valence-electron chi connectivity index (χ1n) is 8.62. The SMILES string of the molecule is Cc1ccc(-c2noc(CN3CCc4ccccc4C3C(N)=O)n2)cc1. The van der Waals surface area contributed by atoms with Crippen molar-refractivity contribution in [2.75, 3.05) is 6.54 Å². The van der Waals surface area contributed by atoms with Crippen LogP contribution in [0.15, 0.2) is 53.1 Å². The molecule has 1 aromatic heterocycles. The molecule has 0 fully saturated rings. The van der Waals surface area contributed by atoms with Gasteiger partial charge in [0, 0.05) is 12.1 Å². The van der Waals surface area contributed by atoms with Gasteiger partial charge in [-0.3, -0.25) is 9.69 Å². The number of aromatic nitrogens is 2. The molecule has 0 radical (unpaired) electrons. The van der Waals surface area contributed by atoms with Gasteiger partial charge < -0.3 is 10.3 Å². The van der Waals surface area contributed by atoms with Gasteiger partial charge in [-0.05, 0) is 24.5 Å². The molecule has 2 N–H and O–H groups in total. The lowest BCUT2D eigenvalue weighted by Gasteiger charge is -2.34. The van der Waals surface area contributed by atoms with Gasteiger partial charge in [0.1, 0.15) is 6.04 Å². The lowest BCUT2D eigenvalue weighted by molar-refractivity contribution is -0.124. The molecule has 0 saturated carbocycles. The van der Waals surface area contributed by atoms with Crippen molar-refractivity contribution in [3.05, 3.63) is 71.1 Å². The average molecular weight is 348 g/mol. The number of benzene rings is 2. The van der Waals surface area contributed by atoms with Crippen molar-refractivity contribution in [2.45, 2.75) is 25.9 Å². The quantitative estimate of drug-likeness (QED) is 0.783. The maximum atomic E-state index is 12.1. The van der Waals surface area contributed by atoms with Crippen molar-refractivity contribution < 1.29 is 9.32 Å². The summed E-state index contributed by atoms with van der Waals surface area (Å²) in [4.78, 5) is 18.6. The zero-order valence-corrected chi connectivity index (χ0v) is 14.6. The Morgan fingerprint density at radius 2 is 2.00 bits per heavy atom. The Hall–Kier alpha value is -2.99. The molecule has 2 heterocycles. The van der Waals surface area contributed by atoms with Crippen molar-refractivity contribution in [2.24, 2.45) is 5.73 Å². The average Bonchev–Trinajstić information content (AvgIpc) is 3.10. The summed E-state index contributed by atoms with van der Waals surface area (Å²) in [6.07, 6.45) is 0.860. The Morgan fingerprint density at radius 1 is 1.23 bits per heavy atom. The zero-order chi connectivity index (χ0) is 18.1. The van der Waals surface area contributed by atoms with Crippen LogP contribution in [0.4, 0.5) is 0 Å². The number of fused-ring (bicyclic) bond motifs is 1. The van der Waals surface area contributed by atoms with Gasteiger partial charge in [0.05, 0.1) is 6.54 Å². The summed E-state index contributed by atoms with van der Waals surface area (Å²) < 4.78 is 5.41. The lowest BCUT2D eigenvalue weighted by Crippen LogP contribution is -2.42. The van der Waals surface area contributed by atoms with Gasteiger partial charge >= 0.3 is 0 Å². The molecule has 1 aliphatic rings. The van der Waals surface area contributed by atoms with E-state index in [9.17, 15) is 4.79 Å². The van der Waals surface area contributed by atoms with Gasteiger partial charge in [-0.15, -0.1) is 0 Å². The second kappa shape index (κ2) is 6.72. The van der Waals surface area contributed by atoms with E-state index in [-0.39, 0.29) is 5.91 Å². The predicted molar refractivity (Wildman–Crippen MR) is 97.0 cm³/mol. The third-order valence-corrected chi connectivity index (χ3v) is 4.77. The normalized spacial score (nSPS) is 17.0. The first kappa shape index (κ1) is 16.5. The summed E-state index contributed by atoms with van der Waals surface area (Å²) in [5.74, 6) is 0.662. The molecule has 2 aromatic carbocycles. The van der Waals surface area contributed by atoms with Gasteiger partial charge in [-0.25, -0.2) is 0 Å². The highest BCUT2D eigenvalue weighted by Gasteiger charge is 2.32. The molecule has 6 nitrogen and oxygen atoms in total. The molecule has 3 aromatic rings. The molecule has 132 valence electrons. The molecule has 0 spiro atoms. The van der Waals surface area contributed by atoms with E-state index in [0.717, 1.165) is 17.5 Å². The third-order valence-electron chi connectivity index (χ3n) is 4.77. The number of nitrogens with two attached hydrogens (primary N) is 1. The third kappa shape index (κ3) is 3.11. The second-order valence-electron chi connectivity index (χ2n) is 6.60. The topological polar surface area (TPSA) is 85.3 Å². The van der Waals surface area contributed by atoms with Crippen molar-refractivity contribution in [3.63, 3.8) is 0 Å². The Kier molecular flexibility index (Phi) is 4.26. The number of hydrogen-bond donors (Lipinski definition) is 1. The molecule has 1 unspecified atom stereocenters. The van der Waals surface area contributed by atoms with Gasteiger partial charge in [0.2, 0.25) is 17.6 Å².